The lowest BCUT2D eigenvalue weighted by Crippen LogP contribution is -2.58. The first-order valence-corrected chi connectivity index (χ1v) is 11.8. The van der Waals surface area contributed by atoms with Gasteiger partial charge in [-0.1, -0.05) is 91.0 Å². The molecule has 0 aliphatic carbocycles. The van der Waals surface area contributed by atoms with Crippen LogP contribution in [0.5, 0.6) is 0 Å². The number of nitrogens with one attached hydrogen (secondary N) is 1. The summed E-state index contributed by atoms with van der Waals surface area (Å²) in [5.41, 5.74) is 1.75. The van der Waals surface area contributed by atoms with E-state index in [9.17, 15) is 14.7 Å². The molecule has 5 heteroatoms. The quantitative estimate of drug-likeness (QED) is 0.501. The van der Waals surface area contributed by atoms with Crippen molar-refractivity contribution in [3.63, 3.8) is 0 Å². The highest BCUT2D eigenvalue weighted by atomic mass is 16.4. The van der Waals surface area contributed by atoms with E-state index in [1.165, 1.54) is 4.90 Å². The second kappa shape index (κ2) is 9.82. The van der Waals surface area contributed by atoms with E-state index in [1.54, 1.807) is 0 Å². The van der Waals surface area contributed by atoms with Gasteiger partial charge in [-0.3, -0.25) is 14.9 Å². The standard InChI is InChI=1S/C29H32N2O3/c1-28(2)20-12-19-25(27(34)31(28)21-26(32)33)30-29(22-13-6-3-7-14-22,23-15-8-4-9-16-23)24-17-10-5-11-18-24/h3-11,13-18,25,30H,12,19-21H2,1-2H3,(H,32,33)/t25-/m0/s1. The van der Waals surface area contributed by atoms with Gasteiger partial charge in [0, 0.05) is 5.54 Å². The molecule has 0 unspecified atom stereocenters. The third kappa shape index (κ3) is 4.62. The minimum absolute atomic E-state index is 0.169. The number of rotatable bonds is 7. The number of hydrogen-bond donors (Lipinski definition) is 2. The molecule has 1 fully saturated rings. The van der Waals surface area contributed by atoms with Crippen LogP contribution in [-0.2, 0) is 15.1 Å². The van der Waals surface area contributed by atoms with Gasteiger partial charge < -0.3 is 10.0 Å². The fraction of sp³-hybridized carbons (Fsp3) is 0.310. The van der Waals surface area contributed by atoms with Gasteiger partial charge in [0.15, 0.2) is 0 Å². The molecule has 1 atom stereocenters. The first-order valence-electron chi connectivity index (χ1n) is 11.8. The number of aliphatic carboxylic acids is 1. The summed E-state index contributed by atoms with van der Waals surface area (Å²) in [5, 5.41) is 13.3. The lowest BCUT2D eigenvalue weighted by molar-refractivity contribution is -0.149. The van der Waals surface area contributed by atoms with Crippen molar-refractivity contribution in [1.29, 1.82) is 0 Å². The number of nitrogens with zero attached hydrogens (tertiary/aromatic N) is 1. The summed E-state index contributed by atoms with van der Waals surface area (Å²) >= 11 is 0. The van der Waals surface area contributed by atoms with Gasteiger partial charge in [0.1, 0.15) is 6.54 Å². The van der Waals surface area contributed by atoms with E-state index in [1.807, 2.05) is 68.4 Å². The molecule has 176 valence electrons. The SMILES string of the molecule is CC1(C)CCC[C@H](NC(c2ccccc2)(c2ccccc2)c2ccccc2)C(=O)N1CC(=O)O. The Balaban J connectivity index is 1.88. The number of benzene rings is 3. The molecule has 0 spiro atoms. The zero-order valence-corrected chi connectivity index (χ0v) is 19.8. The van der Waals surface area contributed by atoms with Crippen LogP contribution in [0.25, 0.3) is 0 Å². The Morgan fingerprint density at radius 2 is 1.35 bits per heavy atom. The predicted molar refractivity (Wildman–Crippen MR) is 133 cm³/mol. The van der Waals surface area contributed by atoms with Crippen molar-refractivity contribution in [2.45, 2.75) is 50.2 Å². The summed E-state index contributed by atoms with van der Waals surface area (Å²) < 4.78 is 0. The molecule has 0 radical (unpaired) electrons. The van der Waals surface area contributed by atoms with Crippen LogP contribution < -0.4 is 5.32 Å². The molecule has 0 saturated carbocycles. The van der Waals surface area contributed by atoms with Gasteiger partial charge in [0.05, 0.1) is 11.6 Å². The van der Waals surface area contributed by atoms with Crippen LogP contribution in [0.15, 0.2) is 91.0 Å². The fourth-order valence-electron chi connectivity index (χ4n) is 5.12. The molecule has 0 bridgehead atoms. The van der Waals surface area contributed by atoms with Gasteiger partial charge in [-0.05, 0) is 49.8 Å². The van der Waals surface area contributed by atoms with Crippen molar-refractivity contribution in [2.24, 2.45) is 0 Å². The van der Waals surface area contributed by atoms with Crippen LogP contribution >= 0.6 is 0 Å². The highest BCUT2D eigenvalue weighted by molar-refractivity contribution is 5.86. The van der Waals surface area contributed by atoms with Crippen LogP contribution in [0.4, 0.5) is 0 Å². The van der Waals surface area contributed by atoms with Gasteiger partial charge in [-0.15, -0.1) is 0 Å². The fourth-order valence-corrected chi connectivity index (χ4v) is 5.12. The van der Waals surface area contributed by atoms with E-state index in [0.717, 1.165) is 29.5 Å². The smallest absolute Gasteiger partial charge is 0.323 e. The normalized spacial score (nSPS) is 18.4. The minimum atomic E-state index is -0.998. The Hall–Kier alpha value is -3.44. The van der Waals surface area contributed by atoms with Gasteiger partial charge >= 0.3 is 5.97 Å². The lowest BCUT2D eigenvalue weighted by atomic mass is 9.76. The number of hydrogen-bond acceptors (Lipinski definition) is 3. The maximum atomic E-state index is 13.9. The van der Waals surface area contributed by atoms with Gasteiger partial charge in [-0.2, -0.15) is 0 Å². The topological polar surface area (TPSA) is 69.6 Å². The van der Waals surface area contributed by atoms with E-state index < -0.39 is 23.1 Å². The van der Waals surface area contributed by atoms with E-state index in [0.29, 0.717) is 6.42 Å². The lowest BCUT2D eigenvalue weighted by Gasteiger charge is -2.42. The van der Waals surface area contributed by atoms with Gasteiger partial charge in [-0.25, -0.2) is 0 Å². The van der Waals surface area contributed by atoms with Crippen molar-refractivity contribution in [1.82, 2.24) is 10.2 Å². The summed E-state index contributed by atoms with van der Waals surface area (Å²) in [6, 6.07) is 29.9. The van der Waals surface area contributed by atoms with E-state index >= 15 is 0 Å². The minimum Gasteiger partial charge on any atom is -0.480 e. The number of amides is 1. The molecule has 3 aromatic rings. The van der Waals surface area contributed by atoms with Gasteiger partial charge in [0.25, 0.3) is 0 Å². The maximum Gasteiger partial charge on any atom is 0.323 e. The van der Waals surface area contributed by atoms with Crippen molar-refractivity contribution >= 4 is 11.9 Å². The van der Waals surface area contributed by atoms with Crippen molar-refractivity contribution in [3.05, 3.63) is 108 Å². The molecule has 1 saturated heterocycles. The summed E-state index contributed by atoms with van der Waals surface area (Å²) in [6.07, 6.45) is 2.20. The molecule has 3 aromatic carbocycles. The zero-order valence-electron chi connectivity index (χ0n) is 19.8. The van der Waals surface area contributed by atoms with E-state index in [-0.39, 0.29) is 12.5 Å². The number of carbonyl (C=O) groups is 2. The summed E-state index contributed by atoms with van der Waals surface area (Å²) in [6.45, 7) is 3.60. The predicted octanol–water partition coefficient (Wildman–Crippen LogP) is 4.81. The largest absolute Gasteiger partial charge is 0.480 e. The Bertz CT molecular complexity index is 1020. The van der Waals surface area contributed by atoms with E-state index in [2.05, 4.69) is 41.7 Å². The Kier molecular flexibility index (Phi) is 6.85. The Morgan fingerprint density at radius 1 is 0.912 bits per heavy atom. The Labute approximate surface area is 201 Å². The maximum absolute atomic E-state index is 13.9. The molecular formula is C29H32N2O3. The highest BCUT2D eigenvalue weighted by Crippen LogP contribution is 2.39. The molecule has 0 aromatic heterocycles. The molecular weight excluding hydrogens is 424 g/mol. The summed E-state index contributed by atoms with van der Waals surface area (Å²) in [4.78, 5) is 27.1. The van der Waals surface area contributed by atoms with Crippen LogP contribution in [0.3, 0.4) is 0 Å². The molecule has 4 rings (SSSR count). The van der Waals surface area contributed by atoms with Crippen molar-refractivity contribution in [2.75, 3.05) is 6.54 Å². The monoisotopic (exact) mass is 456 g/mol. The number of carboxylic acid groups (broad SMARTS) is 1. The van der Waals surface area contributed by atoms with E-state index in [4.69, 9.17) is 0 Å². The second-order valence-corrected chi connectivity index (χ2v) is 9.57. The average molecular weight is 457 g/mol. The molecule has 1 amide bonds. The Morgan fingerprint density at radius 3 is 1.76 bits per heavy atom. The number of carbonyl (C=O) groups excluding carboxylic acids is 1. The first-order chi connectivity index (χ1) is 16.3. The summed E-state index contributed by atoms with van der Waals surface area (Å²) in [7, 11) is 0. The first kappa shape index (κ1) is 23.7. The third-order valence-corrected chi connectivity index (χ3v) is 6.88. The summed E-state index contributed by atoms with van der Waals surface area (Å²) in [5.74, 6) is -1.17. The van der Waals surface area contributed by atoms with Crippen molar-refractivity contribution in [3.8, 4) is 0 Å². The van der Waals surface area contributed by atoms with Gasteiger partial charge in [0.2, 0.25) is 5.91 Å². The van der Waals surface area contributed by atoms with Crippen LogP contribution in [-0.4, -0.2) is 40.0 Å². The molecule has 34 heavy (non-hydrogen) atoms. The number of carboxylic acids is 1. The second-order valence-electron chi connectivity index (χ2n) is 9.57. The molecule has 1 aliphatic rings. The molecule has 5 nitrogen and oxygen atoms in total. The molecule has 1 heterocycles. The zero-order chi connectivity index (χ0) is 24.2. The van der Waals surface area contributed by atoms with Crippen LogP contribution in [0, 0.1) is 0 Å². The third-order valence-electron chi connectivity index (χ3n) is 6.88. The number of likely N-dealkylation sites (tertiary alicyclic amines) is 1. The molecule has 1 aliphatic heterocycles. The highest BCUT2D eigenvalue weighted by Gasteiger charge is 2.44. The average Bonchev–Trinajstić information content (AvgIpc) is 2.95. The molecule has 2 N–H and O–H groups in total. The van der Waals surface area contributed by atoms with Crippen LogP contribution in [0.2, 0.25) is 0 Å². The van der Waals surface area contributed by atoms with Crippen molar-refractivity contribution < 1.29 is 14.7 Å². The van der Waals surface area contributed by atoms with Crippen LogP contribution in [0.1, 0.15) is 49.8 Å².